The highest BCUT2D eigenvalue weighted by molar-refractivity contribution is 7.88. The molecule has 0 saturated carbocycles. The Morgan fingerprint density at radius 1 is 1.32 bits per heavy atom. The number of aromatic nitrogens is 4. The molecule has 2 aromatic heterocycles. The fraction of sp³-hybridized carbons (Fsp3) is 0.500. The van der Waals surface area contributed by atoms with Crippen LogP contribution < -0.4 is 0 Å². The van der Waals surface area contributed by atoms with Gasteiger partial charge in [-0.15, -0.1) is 0 Å². The summed E-state index contributed by atoms with van der Waals surface area (Å²) in [7, 11) is -3.26. The van der Waals surface area contributed by atoms with Crippen LogP contribution in [-0.4, -0.2) is 45.5 Å². The van der Waals surface area contributed by atoms with E-state index in [1.54, 1.807) is 6.20 Å². The highest BCUT2D eigenvalue weighted by Gasteiger charge is 2.34. The fourth-order valence-electron chi connectivity index (χ4n) is 2.80. The minimum absolute atomic E-state index is 0.287. The van der Waals surface area contributed by atoms with E-state index in [1.165, 1.54) is 10.6 Å². The molecule has 0 radical (unpaired) electrons. The number of aryl methyl sites for hydroxylation is 2. The van der Waals surface area contributed by atoms with Gasteiger partial charge in [-0.25, -0.2) is 23.4 Å². The Balaban J connectivity index is 2.03. The van der Waals surface area contributed by atoms with Gasteiger partial charge < -0.3 is 4.98 Å². The number of nitrogens with one attached hydrogen (secondary N) is 1. The molecule has 8 heteroatoms. The monoisotopic (exact) mass is 321 g/mol. The molecular formula is C14H19N5O2S. The Kier molecular flexibility index (Phi) is 3.73. The number of rotatable bonds is 3. The molecule has 1 N–H and O–H groups in total. The number of hydrogen-bond acceptors (Lipinski definition) is 5. The molecule has 0 aromatic carbocycles. The van der Waals surface area contributed by atoms with Crippen molar-refractivity contribution in [2.24, 2.45) is 0 Å². The van der Waals surface area contributed by atoms with Crippen LogP contribution in [0, 0.1) is 13.8 Å². The van der Waals surface area contributed by atoms with E-state index >= 15 is 0 Å². The lowest BCUT2D eigenvalue weighted by Gasteiger charge is -2.21. The molecule has 3 rings (SSSR count). The fourth-order valence-corrected chi connectivity index (χ4v) is 3.92. The van der Waals surface area contributed by atoms with Crippen LogP contribution in [0.1, 0.15) is 36.1 Å². The third-order valence-corrected chi connectivity index (χ3v) is 5.03. The first-order valence-electron chi connectivity index (χ1n) is 7.19. The van der Waals surface area contributed by atoms with Crippen LogP contribution in [0.25, 0.3) is 11.5 Å². The third kappa shape index (κ3) is 2.89. The Morgan fingerprint density at radius 3 is 2.73 bits per heavy atom. The summed E-state index contributed by atoms with van der Waals surface area (Å²) in [5, 5.41) is 0. The van der Waals surface area contributed by atoms with Gasteiger partial charge in [0.15, 0.2) is 5.82 Å². The molecule has 2 aromatic rings. The molecule has 118 valence electrons. The molecule has 1 fully saturated rings. The topological polar surface area (TPSA) is 91.8 Å². The predicted octanol–water partition coefficient (Wildman–Crippen LogP) is 1.58. The van der Waals surface area contributed by atoms with Crippen LogP contribution in [0.4, 0.5) is 0 Å². The molecule has 0 unspecified atom stereocenters. The van der Waals surface area contributed by atoms with Crippen LogP contribution in [0.15, 0.2) is 12.3 Å². The molecule has 0 spiro atoms. The summed E-state index contributed by atoms with van der Waals surface area (Å²) in [6, 6.07) is 1.56. The van der Waals surface area contributed by atoms with Crippen molar-refractivity contribution < 1.29 is 8.42 Å². The number of aromatic amines is 1. The number of sulfonamides is 1. The first-order chi connectivity index (χ1) is 10.3. The van der Waals surface area contributed by atoms with Gasteiger partial charge in [0, 0.05) is 24.1 Å². The molecule has 7 nitrogen and oxygen atoms in total. The van der Waals surface area contributed by atoms with Gasteiger partial charge in [-0.1, -0.05) is 0 Å². The Bertz CT molecular complexity index is 799. The normalized spacial score (nSPS) is 19.7. The molecule has 1 aliphatic heterocycles. The van der Waals surface area contributed by atoms with Gasteiger partial charge in [-0.2, -0.15) is 4.31 Å². The van der Waals surface area contributed by atoms with E-state index in [1.807, 2.05) is 19.9 Å². The zero-order chi connectivity index (χ0) is 15.9. The van der Waals surface area contributed by atoms with E-state index in [0.29, 0.717) is 23.9 Å². The number of hydrogen-bond donors (Lipinski definition) is 1. The average molecular weight is 321 g/mol. The minimum Gasteiger partial charge on any atom is -0.341 e. The Labute approximate surface area is 129 Å². The maximum Gasteiger partial charge on any atom is 0.211 e. The molecule has 0 bridgehead atoms. The number of H-pyrrole nitrogens is 1. The quantitative estimate of drug-likeness (QED) is 0.926. The van der Waals surface area contributed by atoms with Crippen molar-refractivity contribution in [1.29, 1.82) is 0 Å². The summed E-state index contributed by atoms with van der Waals surface area (Å²) >= 11 is 0. The highest BCUT2D eigenvalue weighted by Crippen LogP contribution is 2.32. The van der Waals surface area contributed by atoms with Gasteiger partial charge in [0.1, 0.15) is 11.5 Å². The summed E-state index contributed by atoms with van der Waals surface area (Å²) in [4.78, 5) is 16.4. The Morgan fingerprint density at radius 2 is 2.09 bits per heavy atom. The van der Waals surface area contributed by atoms with Crippen molar-refractivity contribution in [3.8, 4) is 11.5 Å². The van der Waals surface area contributed by atoms with Crippen molar-refractivity contribution >= 4 is 10.0 Å². The number of nitrogens with zero attached hydrogens (tertiary/aromatic N) is 4. The van der Waals surface area contributed by atoms with E-state index in [9.17, 15) is 8.42 Å². The van der Waals surface area contributed by atoms with E-state index in [2.05, 4.69) is 19.9 Å². The minimum atomic E-state index is -3.26. The van der Waals surface area contributed by atoms with Gasteiger partial charge in [0.05, 0.1) is 12.3 Å². The summed E-state index contributed by atoms with van der Waals surface area (Å²) < 4.78 is 25.3. The second-order valence-corrected chi connectivity index (χ2v) is 7.63. The predicted molar refractivity (Wildman–Crippen MR) is 82.6 cm³/mol. The SMILES string of the molecule is Cc1cc(-c2ncc(C)[nH]2)nc([C@H]2CCCN2S(C)(=O)=O)n1. The summed E-state index contributed by atoms with van der Waals surface area (Å²) in [6.07, 6.45) is 4.54. The van der Waals surface area contributed by atoms with Crippen LogP contribution in [-0.2, 0) is 10.0 Å². The zero-order valence-corrected chi connectivity index (χ0v) is 13.7. The second kappa shape index (κ2) is 5.44. The largest absolute Gasteiger partial charge is 0.341 e. The molecule has 22 heavy (non-hydrogen) atoms. The van der Waals surface area contributed by atoms with Gasteiger partial charge in [0.25, 0.3) is 0 Å². The van der Waals surface area contributed by atoms with Gasteiger partial charge in [-0.3, -0.25) is 0 Å². The maximum absolute atomic E-state index is 11.9. The van der Waals surface area contributed by atoms with Gasteiger partial charge in [0.2, 0.25) is 10.0 Å². The smallest absolute Gasteiger partial charge is 0.211 e. The van der Waals surface area contributed by atoms with Gasteiger partial charge in [-0.05, 0) is 32.8 Å². The maximum atomic E-state index is 11.9. The summed E-state index contributed by atoms with van der Waals surface area (Å²) in [5.41, 5.74) is 2.44. The first kappa shape index (κ1) is 15.1. The van der Waals surface area contributed by atoms with Crippen molar-refractivity contribution in [3.05, 3.63) is 29.5 Å². The van der Waals surface area contributed by atoms with Gasteiger partial charge >= 0.3 is 0 Å². The second-order valence-electron chi connectivity index (χ2n) is 5.70. The molecular weight excluding hydrogens is 302 g/mol. The van der Waals surface area contributed by atoms with Crippen molar-refractivity contribution in [2.45, 2.75) is 32.7 Å². The van der Waals surface area contributed by atoms with Crippen LogP contribution in [0.2, 0.25) is 0 Å². The average Bonchev–Trinajstić information content (AvgIpc) is 3.05. The van der Waals surface area contributed by atoms with E-state index in [-0.39, 0.29) is 6.04 Å². The van der Waals surface area contributed by atoms with Crippen LogP contribution in [0.3, 0.4) is 0 Å². The standard InChI is InChI=1S/C14H19N5O2S/c1-9-7-11(13-15-8-10(2)17-13)18-14(16-9)12-5-4-6-19(12)22(3,20)21/h7-8,12H,4-6H2,1-3H3,(H,15,17)/t12-/m1/s1. The Hall–Kier alpha value is -1.80. The third-order valence-electron chi connectivity index (χ3n) is 3.74. The molecule has 0 amide bonds. The highest BCUT2D eigenvalue weighted by atomic mass is 32.2. The van der Waals surface area contributed by atoms with E-state index in [4.69, 9.17) is 0 Å². The van der Waals surface area contributed by atoms with Crippen LogP contribution in [0.5, 0.6) is 0 Å². The molecule has 3 heterocycles. The molecule has 1 aliphatic rings. The lowest BCUT2D eigenvalue weighted by Crippen LogP contribution is -2.30. The molecule has 0 aliphatic carbocycles. The molecule has 1 saturated heterocycles. The van der Waals surface area contributed by atoms with Crippen LogP contribution >= 0.6 is 0 Å². The first-order valence-corrected chi connectivity index (χ1v) is 9.04. The molecule has 1 atom stereocenters. The van der Waals surface area contributed by atoms with E-state index in [0.717, 1.165) is 24.2 Å². The van der Waals surface area contributed by atoms with Crippen molar-refractivity contribution in [3.63, 3.8) is 0 Å². The summed E-state index contributed by atoms with van der Waals surface area (Å²) in [6.45, 7) is 4.33. The lowest BCUT2D eigenvalue weighted by atomic mass is 10.2. The van der Waals surface area contributed by atoms with Crippen molar-refractivity contribution in [2.75, 3.05) is 12.8 Å². The lowest BCUT2D eigenvalue weighted by molar-refractivity contribution is 0.386. The summed E-state index contributed by atoms with van der Waals surface area (Å²) in [5.74, 6) is 1.22. The van der Waals surface area contributed by atoms with Crippen molar-refractivity contribution in [1.82, 2.24) is 24.2 Å². The number of imidazole rings is 1. The van der Waals surface area contributed by atoms with E-state index < -0.39 is 10.0 Å². The zero-order valence-electron chi connectivity index (χ0n) is 12.9.